The highest BCUT2D eigenvalue weighted by Crippen LogP contribution is 1.88. The molecule has 0 spiro atoms. The summed E-state index contributed by atoms with van der Waals surface area (Å²) >= 11 is 0. The molecule has 74 valence electrons. The van der Waals surface area contributed by atoms with E-state index in [1.165, 1.54) is 0 Å². The van der Waals surface area contributed by atoms with Crippen LogP contribution >= 0.6 is 0 Å². The lowest BCUT2D eigenvalue weighted by Gasteiger charge is -1.98. The van der Waals surface area contributed by atoms with Crippen LogP contribution in [0.15, 0.2) is 18.7 Å². The van der Waals surface area contributed by atoms with Crippen LogP contribution in [0.25, 0.3) is 0 Å². The SMILES string of the molecule is C[n+]1ccn(CCOC(=O)CC#N)c1. The number of hydrogen-bond acceptors (Lipinski definition) is 3. The molecule has 0 N–H and O–H groups in total. The summed E-state index contributed by atoms with van der Waals surface area (Å²) in [5, 5.41) is 8.20. The van der Waals surface area contributed by atoms with Gasteiger partial charge in [-0.2, -0.15) is 5.26 Å². The third-order valence-corrected chi connectivity index (χ3v) is 1.66. The maximum absolute atomic E-state index is 10.8. The number of esters is 1. The van der Waals surface area contributed by atoms with E-state index in [1.807, 2.05) is 34.9 Å². The monoisotopic (exact) mass is 194 g/mol. The molecule has 5 heteroatoms. The second kappa shape index (κ2) is 5.02. The van der Waals surface area contributed by atoms with Gasteiger partial charge in [-0.3, -0.25) is 4.79 Å². The summed E-state index contributed by atoms with van der Waals surface area (Å²) in [4.78, 5) is 10.8. The highest BCUT2D eigenvalue weighted by Gasteiger charge is 2.03. The molecule has 0 amide bonds. The molecule has 0 radical (unpaired) electrons. The van der Waals surface area contributed by atoms with Gasteiger partial charge in [0.1, 0.15) is 32.0 Å². The zero-order valence-electron chi connectivity index (χ0n) is 8.01. The Morgan fingerprint density at radius 1 is 1.71 bits per heavy atom. The first kappa shape index (κ1) is 10.3. The molecule has 1 aromatic heterocycles. The van der Waals surface area contributed by atoms with Gasteiger partial charge >= 0.3 is 5.97 Å². The molecule has 1 aromatic rings. The molecule has 0 saturated carbocycles. The summed E-state index contributed by atoms with van der Waals surface area (Å²) in [7, 11) is 1.91. The number of rotatable bonds is 4. The van der Waals surface area contributed by atoms with Gasteiger partial charge in [-0.15, -0.1) is 0 Å². The van der Waals surface area contributed by atoms with Crippen LogP contribution in [0.1, 0.15) is 6.42 Å². The molecule has 14 heavy (non-hydrogen) atoms. The van der Waals surface area contributed by atoms with Gasteiger partial charge in [0.15, 0.2) is 0 Å². The van der Waals surface area contributed by atoms with E-state index in [-0.39, 0.29) is 6.42 Å². The Morgan fingerprint density at radius 3 is 3.07 bits per heavy atom. The number of nitrogens with zero attached hydrogens (tertiary/aromatic N) is 3. The number of aryl methyl sites for hydroxylation is 1. The second-order valence-corrected chi connectivity index (χ2v) is 2.87. The third kappa shape index (κ3) is 3.27. The molecule has 0 aliphatic carbocycles. The Bertz CT molecular complexity index is 351. The van der Waals surface area contributed by atoms with Crippen LogP contribution in [0, 0.1) is 11.3 Å². The first-order valence-corrected chi connectivity index (χ1v) is 4.26. The summed E-state index contributed by atoms with van der Waals surface area (Å²) in [6.45, 7) is 0.910. The fourth-order valence-electron chi connectivity index (χ4n) is 1.01. The lowest BCUT2D eigenvalue weighted by Crippen LogP contribution is -2.24. The number of hydrogen-bond donors (Lipinski definition) is 0. The summed E-state index contributed by atoms with van der Waals surface area (Å²) < 4.78 is 8.61. The maximum atomic E-state index is 10.8. The molecule has 0 aliphatic rings. The summed E-state index contributed by atoms with van der Waals surface area (Å²) in [6.07, 6.45) is 5.49. The van der Waals surface area contributed by atoms with Crippen LogP contribution in [0.4, 0.5) is 0 Å². The van der Waals surface area contributed by atoms with Crippen LogP contribution < -0.4 is 4.57 Å². The Morgan fingerprint density at radius 2 is 2.50 bits per heavy atom. The van der Waals surface area contributed by atoms with E-state index in [1.54, 1.807) is 6.07 Å². The Kier molecular flexibility index (Phi) is 3.68. The molecule has 0 aromatic carbocycles. The average molecular weight is 194 g/mol. The van der Waals surface area contributed by atoms with Gasteiger partial charge < -0.3 is 4.74 Å². The molecule has 0 saturated heterocycles. The van der Waals surface area contributed by atoms with Crippen molar-refractivity contribution in [3.05, 3.63) is 18.7 Å². The smallest absolute Gasteiger partial charge is 0.320 e. The number of aromatic nitrogens is 2. The van der Waals surface area contributed by atoms with E-state index in [9.17, 15) is 4.79 Å². The van der Waals surface area contributed by atoms with Crippen molar-refractivity contribution in [2.45, 2.75) is 13.0 Å². The van der Waals surface area contributed by atoms with Gasteiger partial charge in [0.25, 0.3) is 0 Å². The van der Waals surface area contributed by atoms with Crippen molar-refractivity contribution in [2.24, 2.45) is 7.05 Å². The molecule has 1 heterocycles. The van der Waals surface area contributed by atoms with Crippen molar-refractivity contribution in [1.29, 1.82) is 5.26 Å². The van der Waals surface area contributed by atoms with Crippen molar-refractivity contribution < 1.29 is 14.1 Å². The molecule has 0 aliphatic heterocycles. The van der Waals surface area contributed by atoms with Gasteiger partial charge in [0, 0.05) is 0 Å². The van der Waals surface area contributed by atoms with Gasteiger partial charge in [-0.1, -0.05) is 0 Å². The number of carbonyl (C=O) groups is 1. The molecule has 0 fully saturated rings. The predicted octanol–water partition coefficient (Wildman–Crippen LogP) is -0.231. The van der Waals surface area contributed by atoms with E-state index in [2.05, 4.69) is 0 Å². The minimum Gasteiger partial charge on any atom is -0.461 e. The zero-order valence-corrected chi connectivity index (χ0v) is 8.01. The standard InChI is InChI=1S/C9H12N3O2/c1-11-4-5-12(8-11)6-7-14-9(13)2-3-10/h4-5,8H,2,6-7H2,1H3/q+1. The number of ether oxygens (including phenoxy) is 1. The van der Waals surface area contributed by atoms with Crippen LogP contribution in [0.3, 0.4) is 0 Å². The summed E-state index contributed by atoms with van der Waals surface area (Å²) in [6, 6.07) is 1.73. The largest absolute Gasteiger partial charge is 0.461 e. The minimum atomic E-state index is -0.468. The predicted molar refractivity (Wildman–Crippen MR) is 46.8 cm³/mol. The fraction of sp³-hybridized carbons (Fsp3) is 0.444. The van der Waals surface area contributed by atoms with Crippen molar-refractivity contribution in [1.82, 2.24) is 4.57 Å². The van der Waals surface area contributed by atoms with Gasteiger partial charge in [0.05, 0.1) is 13.1 Å². The second-order valence-electron chi connectivity index (χ2n) is 2.87. The van der Waals surface area contributed by atoms with Crippen molar-refractivity contribution >= 4 is 5.97 Å². The lowest BCUT2D eigenvalue weighted by molar-refractivity contribution is -0.671. The first-order chi connectivity index (χ1) is 6.72. The molecular weight excluding hydrogens is 182 g/mol. The maximum Gasteiger partial charge on any atom is 0.320 e. The summed E-state index contributed by atoms with van der Waals surface area (Å²) in [5.41, 5.74) is 0. The molecule has 0 unspecified atom stereocenters. The first-order valence-electron chi connectivity index (χ1n) is 4.26. The van der Waals surface area contributed by atoms with Crippen molar-refractivity contribution in [2.75, 3.05) is 6.61 Å². The average Bonchev–Trinajstić information content (AvgIpc) is 2.52. The van der Waals surface area contributed by atoms with Gasteiger partial charge in [-0.05, 0) is 0 Å². The normalized spacial score (nSPS) is 9.43. The zero-order chi connectivity index (χ0) is 10.4. The van der Waals surface area contributed by atoms with Crippen LogP contribution in [-0.4, -0.2) is 17.1 Å². The van der Waals surface area contributed by atoms with E-state index in [0.717, 1.165) is 0 Å². The van der Waals surface area contributed by atoms with Gasteiger partial charge in [0.2, 0.25) is 6.33 Å². The van der Waals surface area contributed by atoms with Crippen LogP contribution in [-0.2, 0) is 23.1 Å². The number of carbonyl (C=O) groups excluding carboxylic acids is 1. The lowest BCUT2D eigenvalue weighted by atomic mass is 10.5. The van der Waals surface area contributed by atoms with E-state index in [4.69, 9.17) is 10.00 Å². The van der Waals surface area contributed by atoms with Crippen molar-refractivity contribution in [3.8, 4) is 6.07 Å². The fourth-order valence-corrected chi connectivity index (χ4v) is 1.01. The topological polar surface area (TPSA) is 58.9 Å². The number of imidazole rings is 1. The van der Waals surface area contributed by atoms with Crippen molar-refractivity contribution in [3.63, 3.8) is 0 Å². The van der Waals surface area contributed by atoms with E-state index >= 15 is 0 Å². The molecule has 0 bridgehead atoms. The highest BCUT2D eigenvalue weighted by atomic mass is 16.5. The molecule has 1 rings (SSSR count). The van der Waals surface area contributed by atoms with Crippen LogP contribution in [0.5, 0.6) is 0 Å². The Labute approximate surface area is 82.1 Å². The highest BCUT2D eigenvalue weighted by molar-refractivity contribution is 5.71. The molecule has 5 nitrogen and oxygen atoms in total. The Balaban J connectivity index is 2.22. The van der Waals surface area contributed by atoms with E-state index < -0.39 is 5.97 Å². The Hall–Kier alpha value is -1.83. The number of nitriles is 1. The van der Waals surface area contributed by atoms with Gasteiger partial charge in [-0.25, -0.2) is 9.13 Å². The van der Waals surface area contributed by atoms with E-state index in [0.29, 0.717) is 13.2 Å². The van der Waals surface area contributed by atoms with Crippen LogP contribution in [0.2, 0.25) is 0 Å². The quantitative estimate of drug-likeness (QED) is 0.491. The molecule has 0 atom stereocenters. The minimum absolute atomic E-state index is 0.181. The summed E-state index contributed by atoms with van der Waals surface area (Å²) in [5.74, 6) is -0.468. The molecular formula is C9H12N3O2+. The third-order valence-electron chi connectivity index (χ3n) is 1.66.